The van der Waals surface area contributed by atoms with Crippen molar-refractivity contribution in [2.45, 2.75) is 0 Å². The van der Waals surface area contributed by atoms with Crippen LogP contribution in [0.15, 0.2) is 0 Å². The Labute approximate surface area is 57.3 Å². The van der Waals surface area contributed by atoms with Crippen molar-refractivity contribution in [2.24, 2.45) is 0 Å². The highest BCUT2D eigenvalue weighted by atomic mass is 33.1. The number of nitrogens with zero attached hydrogens (tertiary/aromatic N) is 2. The van der Waals surface area contributed by atoms with Gasteiger partial charge < -0.3 is 0 Å². The van der Waals surface area contributed by atoms with Crippen LogP contribution in [0.4, 0.5) is 0 Å². The average Bonchev–Trinajstić information content (AvgIpc) is 2.60. The monoisotopic (exact) mass is 148 g/mol. The van der Waals surface area contributed by atoms with Gasteiger partial charge in [-0.15, -0.1) is 0 Å². The summed E-state index contributed by atoms with van der Waals surface area (Å²) in [7, 11) is 3.78. The maximum absolute atomic E-state index is 2.35. The lowest BCUT2D eigenvalue weighted by Crippen LogP contribution is -1.79. The zero-order valence-electron chi connectivity index (χ0n) is 4.54. The summed E-state index contributed by atoms with van der Waals surface area (Å²) in [5, 5.41) is 0. The second-order valence-corrected chi connectivity index (χ2v) is 4.23. The van der Waals surface area contributed by atoms with E-state index < -0.39 is 0 Å². The van der Waals surface area contributed by atoms with Gasteiger partial charge in [-0.1, -0.05) is 0 Å². The summed E-state index contributed by atoms with van der Waals surface area (Å²) in [6.07, 6.45) is 0. The molecule has 8 heavy (non-hydrogen) atoms. The van der Waals surface area contributed by atoms with Gasteiger partial charge in [-0.2, -0.15) is 0 Å². The van der Waals surface area contributed by atoms with Gasteiger partial charge in [-0.3, -0.25) is 0 Å². The van der Waals surface area contributed by atoms with Crippen LogP contribution in [-0.4, -0.2) is 34.8 Å². The fourth-order valence-electron chi connectivity index (χ4n) is 0.325. The van der Waals surface area contributed by atoms with Gasteiger partial charge in [0.25, 0.3) is 0 Å². The summed E-state index contributed by atoms with van der Waals surface area (Å²) >= 11 is 0. The van der Waals surface area contributed by atoms with Crippen LogP contribution >= 0.6 is 22.0 Å². The first-order valence-electron chi connectivity index (χ1n) is 2.80. The first kappa shape index (κ1) is 5.41. The van der Waals surface area contributed by atoms with Crippen molar-refractivity contribution in [3.8, 4) is 0 Å². The predicted octanol–water partition coefficient (Wildman–Crippen LogP) is 0.829. The van der Waals surface area contributed by atoms with E-state index in [0.717, 1.165) is 0 Å². The Balaban J connectivity index is 1.56. The molecule has 0 saturated carbocycles. The molecule has 0 aliphatic carbocycles. The van der Waals surface area contributed by atoms with E-state index >= 15 is 0 Å². The van der Waals surface area contributed by atoms with Gasteiger partial charge in [0.1, 0.15) is 0 Å². The molecule has 0 aromatic rings. The highest BCUT2D eigenvalue weighted by Gasteiger charge is 2.24. The molecule has 0 bridgehead atoms. The van der Waals surface area contributed by atoms with Crippen LogP contribution in [0, 0.1) is 0 Å². The summed E-state index contributed by atoms with van der Waals surface area (Å²) in [5.41, 5.74) is 0. The van der Waals surface area contributed by atoms with E-state index in [0.29, 0.717) is 0 Å². The van der Waals surface area contributed by atoms with Gasteiger partial charge in [0, 0.05) is 48.1 Å². The Morgan fingerprint density at radius 2 is 1.12 bits per heavy atom. The normalized spacial score (nSPS) is 28.5. The Bertz CT molecular complexity index is 78.0. The van der Waals surface area contributed by atoms with Crippen molar-refractivity contribution in [1.82, 2.24) is 8.61 Å². The zero-order valence-corrected chi connectivity index (χ0v) is 6.17. The van der Waals surface area contributed by atoms with Crippen LogP contribution < -0.4 is 0 Å². The van der Waals surface area contributed by atoms with Crippen LogP contribution in [0.25, 0.3) is 0 Å². The van der Waals surface area contributed by atoms with E-state index in [1.165, 1.54) is 26.2 Å². The lowest BCUT2D eigenvalue weighted by molar-refractivity contribution is 0.949. The standard InChI is InChI=1S/C4H8N2S2/c1-2-5(1)7-8-6-3-4-6/h1-4H2. The van der Waals surface area contributed by atoms with E-state index in [4.69, 9.17) is 0 Å². The van der Waals surface area contributed by atoms with E-state index in [1.807, 2.05) is 22.0 Å². The number of rotatable bonds is 3. The predicted molar refractivity (Wildman–Crippen MR) is 38.3 cm³/mol. The molecule has 0 N–H and O–H groups in total. The fourth-order valence-corrected chi connectivity index (χ4v) is 2.44. The molecule has 2 saturated heterocycles. The second-order valence-electron chi connectivity index (χ2n) is 2.01. The minimum absolute atomic E-state index is 1.30. The van der Waals surface area contributed by atoms with Gasteiger partial charge in [-0.25, -0.2) is 8.61 Å². The highest BCUT2D eigenvalue weighted by molar-refractivity contribution is 8.75. The molecule has 0 atom stereocenters. The molecule has 0 spiro atoms. The van der Waals surface area contributed by atoms with Gasteiger partial charge in [0.2, 0.25) is 0 Å². The van der Waals surface area contributed by atoms with Crippen molar-refractivity contribution in [3.05, 3.63) is 0 Å². The first-order valence-corrected chi connectivity index (χ1v) is 4.86. The lowest BCUT2D eigenvalue weighted by atomic mass is 11.0. The van der Waals surface area contributed by atoms with Crippen molar-refractivity contribution in [2.75, 3.05) is 26.2 Å². The van der Waals surface area contributed by atoms with Gasteiger partial charge in [0.15, 0.2) is 0 Å². The zero-order chi connectivity index (χ0) is 5.40. The molecule has 2 rings (SSSR count). The maximum Gasteiger partial charge on any atom is 0.0236 e. The molecule has 0 unspecified atom stereocenters. The molecule has 2 aliphatic rings. The van der Waals surface area contributed by atoms with Gasteiger partial charge in [0.05, 0.1) is 0 Å². The molecule has 0 aromatic carbocycles. The molecule has 46 valence electrons. The van der Waals surface area contributed by atoms with Crippen LogP contribution in [0.2, 0.25) is 0 Å². The van der Waals surface area contributed by atoms with Crippen molar-refractivity contribution < 1.29 is 0 Å². The van der Waals surface area contributed by atoms with E-state index in [2.05, 4.69) is 8.61 Å². The third kappa shape index (κ3) is 1.55. The Morgan fingerprint density at radius 3 is 1.38 bits per heavy atom. The summed E-state index contributed by atoms with van der Waals surface area (Å²) in [6, 6.07) is 0. The first-order chi connectivity index (χ1) is 3.95. The van der Waals surface area contributed by atoms with Crippen LogP contribution in [0.5, 0.6) is 0 Å². The quantitative estimate of drug-likeness (QED) is 0.332. The Morgan fingerprint density at radius 1 is 0.750 bits per heavy atom. The smallest absolute Gasteiger partial charge is 0.0236 e. The molecular formula is C4H8N2S2. The van der Waals surface area contributed by atoms with E-state index in [1.54, 1.807) is 0 Å². The maximum atomic E-state index is 2.35. The fraction of sp³-hybridized carbons (Fsp3) is 1.00. The molecule has 2 fully saturated rings. The molecular weight excluding hydrogens is 140 g/mol. The molecule has 2 aliphatic heterocycles. The lowest BCUT2D eigenvalue weighted by Gasteiger charge is -1.95. The molecule has 4 heteroatoms. The molecule has 0 amide bonds. The number of hydrogen-bond acceptors (Lipinski definition) is 4. The minimum atomic E-state index is 1.30. The molecule has 0 radical (unpaired) electrons. The summed E-state index contributed by atoms with van der Waals surface area (Å²) < 4.78 is 4.70. The van der Waals surface area contributed by atoms with Gasteiger partial charge >= 0.3 is 0 Å². The highest BCUT2D eigenvalue weighted by Crippen LogP contribution is 2.37. The molecule has 2 nitrogen and oxygen atoms in total. The Kier molecular flexibility index (Phi) is 1.42. The third-order valence-corrected chi connectivity index (χ3v) is 3.74. The SMILES string of the molecule is C1CN1SSN1CC1. The van der Waals surface area contributed by atoms with Crippen molar-refractivity contribution in [1.29, 1.82) is 0 Å². The van der Waals surface area contributed by atoms with Crippen LogP contribution in [-0.2, 0) is 0 Å². The molecule has 2 heterocycles. The number of hydrogen-bond donors (Lipinski definition) is 0. The minimum Gasteiger partial charge on any atom is -0.238 e. The second kappa shape index (κ2) is 2.10. The van der Waals surface area contributed by atoms with E-state index in [-0.39, 0.29) is 0 Å². The Hall–Kier alpha value is 0.620. The largest absolute Gasteiger partial charge is 0.238 e. The van der Waals surface area contributed by atoms with Crippen LogP contribution in [0.3, 0.4) is 0 Å². The summed E-state index contributed by atoms with van der Waals surface area (Å²) in [6.45, 7) is 5.19. The summed E-state index contributed by atoms with van der Waals surface area (Å²) in [4.78, 5) is 0. The van der Waals surface area contributed by atoms with Gasteiger partial charge in [-0.05, 0) is 0 Å². The van der Waals surface area contributed by atoms with Crippen molar-refractivity contribution in [3.63, 3.8) is 0 Å². The summed E-state index contributed by atoms with van der Waals surface area (Å²) in [5.74, 6) is 0. The average molecular weight is 148 g/mol. The third-order valence-electron chi connectivity index (χ3n) is 1.06. The van der Waals surface area contributed by atoms with E-state index in [9.17, 15) is 0 Å². The van der Waals surface area contributed by atoms with Crippen molar-refractivity contribution >= 4 is 22.0 Å². The van der Waals surface area contributed by atoms with Crippen LogP contribution in [0.1, 0.15) is 0 Å². The topological polar surface area (TPSA) is 6.02 Å². The molecule has 0 aromatic heterocycles.